The van der Waals surface area contributed by atoms with Gasteiger partial charge in [0.25, 0.3) is 0 Å². The normalized spacial score (nSPS) is 13.9. The Morgan fingerprint density at radius 2 is 1.62 bits per heavy atom. The Hall–Kier alpha value is -4.35. The molecule has 5 rings (SSSR count). The van der Waals surface area contributed by atoms with Gasteiger partial charge in [0.15, 0.2) is 5.75 Å². The van der Waals surface area contributed by atoms with E-state index in [1.807, 2.05) is 48.5 Å². The summed E-state index contributed by atoms with van der Waals surface area (Å²) in [5, 5.41) is 10.9. The topological polar surface area (TPSA) is 104 Å². The van der Waals surface area contributed by atoms with Crippen molar-refractivity contribution in [3.05, 3.63) is 128 Å². The Morgan fingerprint density at radius 1 is 0.929 bits per heavy atom. The molecule has 7 nitrogen and oxygen atoms in total. The maximum absolute atomic E-state index is 12.9. The van der Waals surface area contributed by atoms with Crippen LogP contribution in [0.5, 0.6) is 23.0 Å². The number of carbonyl (C=O) groups is 1. The average Bonchev–Trinajstić information content (AvgIpc) is 2.98. The number of halogens is 3. The lowest BCUT2D eigenvalue weighted by atomic mass is 9.83. The molecule has 42 heavy (non-hydrogen) atoms. The van der Waals surface area contributed by atoms with Gasteiger partial charge in [0, 0.05) is 22.2 Å². The van der Waals surface area contributed by atoms with Crippen LogP contribution in [0.15, 0.2) is 90.3 Å². The molecule has 2 N–H and O–H groups in total. The number of allylic oxidation sites excluding steroid dienone is 1. The summed E-state index contributed by atoms with van der Waals surface area (Å²) in [5.41, 5.74) is 8.90. The molecule has 0 amide bonds. The van der Waals surface area contributed by atoms with Crippen molar-refractivity contribution in [3.63, 3.8) is 0 Å². The molecule has 0 radical (unpaired) electrons. The highest BCUT2D eigenvalue weighted by molar-refractivity contribution is 6.37. The number of esters is 1. The number of hydrogen-bond donors (Lipinski definition) is 1. The van der Waals surface area contributed by atoms with Crippen molar-refractivity contribution in [1.82, 2.24) is 0 Å². The zero-order valence-electron chi connectivity index (χ0n) is 22.2. The van der Waals surface area contributed by atoms with Crippen LogP contribution < -0.4 is 24.7 Å². The van der Waals surface area contributed by atoms with Gasteiger partial charge in [0.05, 0.1) is 28.1 Å². The number of benzene rings is 4. The van der Waals surface area contributed by atoms with Gasteiger partial charge in [0.1, 0.15) is 35.5 Å². The zero-order valence-corrected chi connectivity index (χ0v) is 24.5. The van der Waals surface area contributed by atoms with Crippen LogP contribution in [0.3, 0.4) is 0 Å². The Labute approximate surface area is 257 Å². The molecule has 10 heteroatoms. The van der Waals surface area contributed by atoms with E-state index in [4.69, 9.17) is 59.5 Å². The molecule has 0 fully saturated rings. The number of hydrogen-bond acceptors (Lipinski definition) is 7. The van der Waals surface area contributed by atoms with E-state index >= 15 is 0 Å². The summed E-state index contributed by atoms with van der Waals surface area (Å²) in [7, 11) is 0. The van der Waals surface area contributed by atoms with E-state index < -0.39 is 11.9 Å². The Kier molecular flexibility index (Phi) is 8.79. The van der Waals surface area contributed by atoms with Crippen molar-refractivity contribution in [2.45, 2.75) is 19.4 Å². The minimum absolute atomic E-state index is 0.0393. The van der Waals surface area contributed by atoms with Crippen LogP contribution in [0.1, 0.15) is 39.9 Å². The van der Waals surface area contributed by atoms with Gasteiger partial charge < -0.3 is 24.7 Å². The summed E-state index contributed by atoms with van der Waals surface area (Å²) in [4.78, 5) is 12.9. The van der Waals surface area contributed by atoms with Crippen molar-refractivity contribution in [2.24, 2.45) is 5.73 Å². The standard InChI is InChI=1S/C32H23Cl3N2O5/c1-2-39-30-26(34)13-20(14-27(30)35)32(38)41-22-11-12-23-28(15-22)42-31(37)24(16-36)29(23)18-7-9-21(10-8-18)40-17-19-5-3-4-6-25(19)33/h3-15,29H,2,17,37H2,1H3. The van der Waals surface area contributed by atoms with Crippen LogP contribution in [0.25, 0.3) is 0 Å². The maximum atomic E-state index is 12.9. The molecule has 0 spiro atoms. The summed E-state index contributed by atoms with van der Waals surface area (Å²) < 4.78 is 22.6. The van der Waals surface area contributed by atoms with Gasteiger partial charge in [-0.05, 0) is 48.9 Å². The first-order chi connectivity index (χ1) is 20.3. The summed E-state index contributed by atoms with van der Waals surface area (Å²) in [6.07, 6.45) is 0. The summed E-state index contributed by atoms with van der Waals surface area (Å²) in [6, 6.07) is 24.7. The summed E-state index contributed by atoms with van der Waals surface area (Å²) >= 11 is 18.7. The first-order valence-corrected chi connectivity index (χ1v) is 13.9. The molecule has 0 saturated heterocycles. The van der Waals surface area contributed by atoms with E-state index in [0.29, 0.717) is 41.0 Å². The highest BCUT2D eigenvalue weighted by Crippen LogP contribution is 2.44. The molecule has 1 aliphatic heterocycles. The molecule has 0 aromatic heterocycles. The quantitative estimate of drug-likeness (QED) is 0.157. The van der Waals surface area contributed by atoms with E-state index in [1.165, 1.54) is 12.1 Å². The number of nitrogens with zero attached hydrogens (tertiary/aromatic N) is 1. The van der Waals surface area contributed by atoms with Gasteiger partial charge in [0.2, 0.25) is 5.88 Å². The van der Waals surface area contributed by atoms with Crippen molar-refractivity contribution in [2.75, 3.05) is 6.61 Å². The number of rotatable bonds is 8. The predicted molar refractivity (Wildman–Crippen MR) is 161 cm³/mol. The molecular weight excluding hydrogens is 599 g/mol. The summed E-state index contributed by atoms with van der Waals surface area (Å²) in [5.74, 6) is 0.258. The van der Waals surface area contributed by atoms with Gasteiger partial charge >= 0.3 is 5.97 Å². The molecule has 4 aromatic rings. The van der Waals surface area contributed by atoms with Gasteiger partial charge in [-0.3, -0.25) is 0 Å². The predicted octanol–water partition coefficient (Wildman–Crippen LogP) is 8.06. The second-order valence-corrected chi connectivity index (χ2v) is 10.4. The Balaban J connectivity index is 1.37. The average molecular weight is 622 g/mol. The first-order valence-electron chi connectivity index (χ1n) is 12.8. The highest BCUT2D eigenvalue weighted by Gasteiger charge is 2.31. The van der Waals surface area contributed by atoms with Gasteiger partial charge in [-0.15, -0.1) is 0 Å². The molecule has 1 atom stereocenters. The van der Waals surface area contributed by atoms with E-state index in [2.05, 4.69) is 6.07 Å². The summed E-state index contributed by atoms with van der Waals surface area (Å²) in [6.45, 7) is 2.48. The third-order valence-electron chi connectivity index (χ3n) is 6.49. The molecule has 0 saturated carbocycles. The van der Waals surface area contributed by atoms with Gasteiger partial charge in [-0.2, -0.15) is 5.26 Å². The van der Waals surface area contributed by atoms with Crippen LogP contribution >= 0.6 is 34.8 Å². The lowest BCUT2D eigenvalue weighted by molar-refractivity contribution is 0.0734. The van der Waals surface area contributed by atoms with Crippen LogP contribution in [-0.2, 0) is 6.61 Å². The third kappa shape index (κ3) is 6.12. The van der Waals surface area contributed by atoms with Crippen molar-refractivity contribution >= 4 is 40.8 Å². The first kappa shape index (κ1) is 29.2. The fourth-order valence-electron chi connectivity index (χ4n) is 4.50. The van der Waals surface area contributed by atoms with Crippen LogP contribution in [0.4, 0.5) is 0 Å². The fourth-order valence-corrected chi connectivity index (χ4v) is 5.29. The fraction of sp³-hybridized carbons (Fsp3) is 0.125. The highest BCUT2D eigenvalue weighted by atomic mass is 35.5. The minimum Gasteiger partial charge on any atom is -0.491 e. The van der Waals surface area contributed by atoms with Crippen LogP contribution in [0, 0.1) is 11.3 Å². The van der Waals surface area contributed by atoms with Crippen LogP contribution in [-0.4, -0.2) is 12.6 Å². The molecule has 1 unspecified atom stereocenters. The zero-order chi connectivity index (χ0) is 29.8. The number of nitrogens with two attached hydrogens (primary N) is 1. The number of carbonyl (C=O) groups excluding carboxylic acids is 1. The van der Waals surface area contributed by atoms with Crippen molar-refractivity contribution in [1.29, 1.82) is 5.26 Å². The maximum Gasteiger partial charge on any atom is 0.343 e. The monoisotopic (exact) mass is 620 g/mol. The van der Waals surface area contributed by atoms with Gasteiger partial charge in [-0.1, -0.05) is 71.2 Å². The number of nitriles is 1. The SMILES string of the molecule is CCOc1c(Cl)cc(C(=O)Oc2ccc3c(c2)OC(N)=C(C#N)C3c2ccc(OCc3ccccc3Cl)cc2)cc1Cl. The molecule has 0 bridgehead atoms. The second-order valence-electron chi connectivity index (χ2n) is 9.17. The smallest absolute Gasteiger partial charge is 0.343 e. The van der Waals surface area contributed by atoms with E-state index in [0.717, 1.165) is 11.1 Å². The molecule has 1 heterocycles. The minimum atomic E-state index is -0.678. The van der Waals surface area contributed by atoms with Gasteiger partial charge in [-0.25, -0.2) is 4.79 Å². The largest absolute Gasteiger partial charge is 0.491 e. The molecular formula is C32H23Cl3N2O5. The van der Waals surface area contributed by atoms with E-state index in [-0.39, 0.29) is 32.8 Å². The van der Waals surface area contributed by atoms with E-state index in [1.54, 1.807) is 25.1 Å². The Morgan fingerprint density at radius 3 is 2.29 bits per heavy atom. The van der Waals surface area contributed by atoms with E-state index in [9.17, 15) is 10.1 Å². The molecule has 1 aliphatic rings. The Bertz CT molecular complexity index is 1710. The second kappa shape index (κ2) is 12.7. The number of ether oxygens (including phenoxy) is 4. The lowest BCUT2D eigenvalue weighted by Gasteiger charge is -2.27. The molecule has 0 aliphatic carbocycles. The molecule has 4 aromatic carbocycles. The number of fused-ring (bicyclic) bond motifs is 1. The van der Waals surface area contributed by atoms with Crippen molar-refractivity contribution in [3.8, 4) is 29.1 Å². The molecule has 212 valence electrons. The van der Waals surface area contributed by atoms with Crippen LogP contribution in [0.2, 0.25) is 15.1 Å². The van der Waals surface area contributed by atoms with Crippen molar-refractivity contribution < 1.29 is 23.7 Å². The lowest BCUT2D eigenvalue weighted by Crippen LogP contribution is -2.21. The third-order valence-corrected chi connectivity index (χ3v) is 7.42.